The average Bonchev–Trinajstić information content (AvgIpc) is 2.72. The molecule has 0 fully saturated rings. The number of nitrogens with one attached hydrogen (secondary N) is 1. The van der Waals surface area contributed by atoms with Gasteiger partial charge in [-0.1, -0.05) is 18.2 Å². The first-order valence-electron chi connectivity index (χ1n) is 11.4. The molecule has 8 nitrogen and oxygen atoms in total. The van der Waals surface area contributed by atoms with Crippen molar-refractivity contribution in [2.75, 3.05) is 24.2 Å². The first-order valence-corrected chi connectivity index (χ1v) is 13.3. The van der Waals surface area contributed by atoms with E-state index in [0.717, 1.165) is 27.3 Å². The van der Waals surface area contributed by atoms with Crippen molar-refractivity contribution >= 4 is 27.5 Å². The van der Waals surface area contributed by atoms with E-state index in [4.69, 9.17) is 4.74 Å². The molecule has 2 aromatic rings. The first kappa shape index (κ1) is 28.2. The van der Waals surface area contributed by atoms with Crippen LogP contribution in [0, 0.1) is 13.8 Å². The molecule has 2 aromatic carbocycles. The van der Waals surface area contributed by atoms with Crippen LogP contribution < -0.4 is 14.4 Å². The van der Waals surface area contributed by atoms with Gasteiger partial charge in [0, 0.05) is 12.1 Å². The Bertz CT molecular complexity index is 1130. The summed E-state index contributed by atoms with van der Waals surface area (Å²) < 4.78 is 31.7. The Hall–Kier alpha value is -3.07. The number of rotatable bonds is 9. The summed E-state index contributed by atoms with van der Waals surface area (Å²) in [5, 5.41) is 2.90. The van der Waals surface area contributed by atoms with Crippen molar-refractivity contribution in [2.24, 2.45) is 0 Å². The van der Waals surface area contributed by atoms with E-state index < -0.39 is 34.1 Å². The standard InChI is InChI=1S/C26H37N3O5S/c1-18-13-19(2)15-22(14-18)29(35(8,32)33)17-24(30)28(20(3)25(31)27-26(4,5)6)16-21-9-11-23(34-7)12-10-21/h9-15,20H,16-17H2,1-8H3,(H,27,31)/t20-/m0/s1. The topological polar surface area (TPSA) is 96.0 Å². The maximum atomic E-state index is 13.6. The smallest absolute Gasteiger partial charge is 0.244 e. The average molecular weight is 504 g/mol. The Morgan fingerprint density at radius 3 is 2.03 bits per heavy atom. The van der Waals surface area contributed by atoms with Crippen molar-refractivity contribution in [2.45, 2.75) is 59.7 Å². The minimum atomic E-state index is -3.77. The third kappa shape index (κ3) is 8.28. The fourth-order valence-electron chi connectivity index (χ4n) is 3.69. The van der Waals surface area contributed by atoms with E-state index in [-0.39, 0.29) is 12.5 Å². The van der Waals surface area contributed by atoms with Gasteiger partial charge >= 0.3 is 0 Å². The molecule has 9 heteroatoms. The SMILES string of the molecule is COc1ccc(CN(C(=O)CN(c2cc(C)cc(C)c2)S(C)(=O)=O)[C@@H](C)C(=O)NC(C)(C)C)cc1. The predicted octanol–water partition coefficient (Wildman–Crippen LogP) is 3.41. The molecule has 0 aliphatic carbocycles. The number of carbonyl (C=O) groups excluding carboxylic acids is 2. The fraction of sp³-hybridized carbons (Fsp3) is 0.462. The van der Waals surface area contributed by atoms with Gasteiger partial charge < -0.3 is 15.0 Å². The molecule has 0 heterocycles. The van der Waals surface area contributed by atoms with Crippen LogP contribution in [0.15, 0.2) is 42.5 Å². The van der Waals surface area contributed by atoms with Crippen LogP contribution in [0.1, 0.15) is 44.4 Å². The predicted molar refractivity (Wildman–Crippen MR) is 139 cm³/mol. The molecule has 0 aliphatic rings. The maximum Gasteiger partial charge on any atom is 0.244 e. The molecule has 0 saturated carbocycles. The van der Waals surface area contributed by atoms with Crippen LogP contribution in [0.25, 0.3) is 0 Å². The van der Waals surface area contributed by atoms with Crippen LogP contribution in [0.3, 0.4) is 0 Å². The molecule has 192 valence electrons. The number of amides is 2. The largest absolute Gasteiger partial charge is 0.497 e. The van der Waals surface area contributed by atoms with Crippen molar-refractivity contribution < 1.29 is 22.7 Å². The lowest BCUT2D eigenvalue weighted by atomic mass is 10.1. The second-order valence-electron chi connectivity index (χ2n) is 9.90. The van der Waals surface area contributed by atoms with E-state index in [2.05, 4.69) is 5.32 Å². The van der Waals surface area contributed by atoms with Crippen molar-refractivity contribution in [1.29, 1.82) is 0 Å². The first-order chi connectivity index (χ1) is 16.1. The van der Waals surface area contributed by atoms with Crippen molar-refractivity contribution in [3.8, 4) is 5.75 Å². The molecule has 2 amide bonds. The second-order valence-corrected chi connectivity index (χ2v) is 11.8. The van der Waals surface area contributed by atoms with Crippen LogP contribution in [0.5, 0.6) is 5.75 Å². The lowest BCUT2D eigenvalue weighted by Gasteiger charge is -2.33. The highest BCUT2D eigenvalue weighted by Gasteiger charge is 2.31. The van der Waals surface area contributed by atoms with Gasteiger partial charge in [0.15, 0.2) is 0 Å². The second kappa shape index (κ2) is 11.1. The minimum absolute atomic E-state index is 0.131. The summed E-state index contributed by atoms with van der Waals surface area (Å²) in [4.78, 5) is 28.0. The van der Waals surface area contributed by atoms with E-state index in [0.29, 0.717) is 11.4 Å². The lowest BCUT2D eigenvalue weighted by molar-refractivity contribution is -0.140. The zero-order valence-electron chi connectivity index (χ0n) is 21.9. The highest BCUT2D eigenvalue weighted by molar-refractivity contribution is 7.92. The van der Waals surface area contributed by atoms with Gasteiger partial charge in [0.1, 0.15) is 18.3 Å². The minimum Gasteiger partial charge on any atom is -0.497 e. The number of nitrogens with zero attached hydrogens (tertiary/aromatic N) is 2. The third-order valence-corrected chi connectivity index (χ3v) is 6.49. The number of sulfonamides is 1. The third-order valence-electron chi connectivity index (χ3n) is 5.35. The van der Waals surface area contributed by atoms with Crippen molar-refractivity contribution in [1.82, 2.24) is 10.2 Å². The Morgan fingerprint density at radius 2 is 1.57 bits per heavy atom. The molecule has 1 atom stereocenters. The van der Waals surface area contributed by atoms with E-state index in [1.165, 1.54) is 4.90 Å². The summed E-state index contributed by atoms with van der Waals surface area (Å²) >= 11 is 0. The van der Waals surface area contributed by atoms with Crippen LogP contribution >= 0.6 is 0 Å². The Kier molecular flexibility index (Phi) is 8.94. The van der Waals surface area contributed by atoms with Gasteiger partial charge in [0.25, 0.3) is 0 Å². The monoisotopic (exact) mass is 503 g/mol. The summed E-state index contributed by atoms with van der Waals surface area (Å²) in [5.74, 6) is -0.137. The molecule has 0 aliphatic heterocycles. The highest BCUT2D eigenvalue weighted by atomic mass is 32.2. The molecule has 0 unspecified atom stereocenters. The molecule has 0 aromatic heterocycles. The molecular weight excluding hydrogens is 466 g/mol. The zero-order valence-corrected chi connectivity index (χ0v) is 22.7. The quantitative estimate of drug-likeness (QED) is 0.566. The number of hydrogen-bond donors (Lipinski definition) is 1. The van der Waals surface area contributed by atoms with Gasteiger partial charge in [0.05, 0.1) is 19.1 Å². The molecular formula is C26H37N3O5S. The number of carbonyl (C=O) groups is 2. The summed E-state index contributed by atoms with van der Waals surface area (Å²) in [5.41, 5.74) is 2.47. The van der Waals surface area contributed by atoms with E-state index in [9.17, 15) is 18.0 Å². The molecule has 35 heavy (non-hydrogen) atoms. The Labute approximate surface area is 209 Å². The molecule has 0 saturated heterocycles. The zero-order chi connectivity index (χ0) is 26.6. The van der Waals surface area contributed by atoms with Crippen molar-refractivity contribution in [3.63, 3.8) is 0 Å². The summed E-state index contributed by atoms with van der Waals surface area (Å²) in [6.45, 7) is 10.7. The number of ether oxygens (including phenoxy) is 1. The fourth-order valence-corrected chi connectivity index (χ4v) is 4.53. The molecule has 2 rings (SSSR count). The molecule has 1 N–H and O–H groups in total. The number of anilines is 1. The summed E-state index contributed by atoms with van der Waals surface area (Å²) in [7, 11) is -2.20. The summed E-state index contributed by atoms with van der Waals surface area (Å²) in [6, 6.07) is 11.7. The van der Waals surface area contributed by atoms with Gasteiger partial charge in [-0.25, -0.2) is 8.42 Å². The van der Waals surface area contributed by atoms with E-state index in [1.54, 1.807) is 38.3 Å². The van der Waals surface area contributed by atoms with Gasteiger partial charge in [0.2, 0.25) is 21.8 Å². The van der Waals surface area contributed by atoms with Gasteiger partial charge in [-0.2, -0.15) is 0 Å². The molecule has 0 spiro atoms. The van der Waals surface area contributed by atoms with Gasteiger partial charge in [-0.15, -0.1) is 0 Å². The lowest BCUT2D eigenvalue weighted by Crippen LogP contribution is -2.54. The number of methoxy groups -OCH3 is 1. The maximum absolute atomic E-state index is 13.6. The molecule has 0 radical (unpaired) electrons. The number of benzene rings is 2. The summed E-state index contributed by atoms with van der Waals surface area (Å²) in [6.07, 6.45) is 1.07. The van der Waals surface area contributed by atoms with Crippen LogP contribution in [-0.2, 0) is 26.2 Å². The molecule has 0 bridgehead atoms. The highest BCUT2D eigenvalue weighted by Crippen LogP contribution is 2.22. The van der Waals surface area contributed by atoms with Crippen LogP contribution in [0.2, 0.25) is 0 Å². The van der Waals surface area contributed by atoms with Gasteiger partial charge in [-0.3, -0.25) is 13.9 Å². The Morgan fingerprint density at radius 1 is 1.03 bits per heavy atom. The number of hydrogen-bond acceptors (Lipinski definition) is 5. The van der Waals surface area contributed by atoms with Crippen molar-refractivity contribution in [3.05, 3.63) is 59.2 Å². The number of aryl methyl sites for hydroxylation is 2. The van der Waals surface area contributed by atoms with Crippen LogP contribution in [-0.4, -0.2) is 56.6 Å². The normalized spacial score (nSPS) is 12.6. The Balaban J connectivity index is 2.43. The van der Waals surface area contributed by atoms with Gasteiger partial charge in [-0.05, 0) is 82.5 Å². The van der Waals surface area contributed by atoms with E-state index >= 15 is 0 Å². The van der Waals surface area contributed by atoms with E-state index in [1.807, 2.05) is 52.8 Å². The van der Waals surface area contributed by atoms with Crippen LogP contribution in [0.4, 0.5) is 5.69 Å².